The molecule has 0 spiro atoms. The zero-order valence-corrected chi connectivity index (χ0v) is 12.6. The molecule has 0 bridgehead atoms. The molecule has 2 N–H and O–H groups in total. The van der Waals surface area contributed by atoms with Gasteiger partial charge in [-0.05, 0) is 31.4 Å². The first kappa shape index (κ1) is 14.9. The average Bonchev–Trinajstić information content (AvgIpc) is 2.47. The van der Waals surface area contributed by atoms with E-state index in [4.69, 9.17) is 10.5 Å². The van der Waals surface area contributed by atoms with Crippen LogP contribution in [0.2, 0.25) is 0 Å². The van der Waals surface area contributed by atoms with Crippen molar-refractivity contribution in [3.05, 3.63) is 29.3 Å². The zero-order chi connectivity index (χ0) is 14.7. The maximum atomic E-state index is 12.7. The minimum Gasteiger partial charge on any atom is -0.496 e. The lowest BCUT2D eigenvalue weighted by Gasteiger charge is -2.36. The van der Waals surface area contributed by atoms with Crippen molar-refractivity contribution in [2.45, 2.75) is 32.7 Å². The lowest BCUT2D eigenvalue weighted by Crippen LogP contribution is -2.49. The third kappa shape index (κ3) is 2.96. The smallest absolute Gasteiger partial charge is 0.257 e. The van der Waals surface area contributed by atoms with Crippen LogP contribution in [0.4, 0.5) is 0 Å². The van der Waals surface area contributed by atoms with E-state index in [1.165, 1.54) is 0 Å². The molecule has 1 aliphatic heterocycles. The summed E-state index contributed by atoms with van der Waals surface area (Å²) >= 11 is 0. The van der Waals surface area contributed by atoms with E-state index in [1.54, 1.807) is 7.11 Å². The number of likely N-dealkylation sites (tertiary alicyclic amines) is 1. The van der Waals surface area contributed by atoms with E-state index in [0.29, 0.717) is 17.2 Å². The first-order valence-corrected chi connectivity index (χ1v) is 7.26. The highest BCUT2D eigenvalue weighted by molar-refractivity contribution is 5.97. The van der Waals surface area contributed by atoms with Crippen LogP contribution in [0.1, 0.15) is 35.7 Å². The van der Waals surface area contributed by atoms with E-state index >= 15 is 0 Å². The van der Waals surface area contributed by atoms with E-state index in [-0.39, 0.29) is 11.9 Å². The molecular formula is C16H24N2O2. The molecule has 4 heteroatoms. The Morgan fingerprint density at radius 1 is 1.50 bits per heavy atom. The van der Waals surface area contributed by atoms with E-state index in [9.17, 15) is 4.79 Å². The topological polar surface area (TPSA) is 55.6 Å². The lowest BCUT2D eigenvalue weighted by molar-refractivity contribution is 0.0646. The van der Waals surface area contributed by atoms with E-state index in [0.717, 1.165) is 31.5 Å². The molecule has 4 nitrogen and oxygen atoms in total. The van der Waals surface area contributed by atoms with Gasteiger partial charge in [-0.2, -0.15) is 0 Å². The molecule has 0 aliphatic carbocycles. The van der Waals surface area contributed by atoms with E-state index in [1.807, 2.05) is 30.0 Å². The van der Waals surface area contributed by atoms with Crippen LogP contribution in [0, 0.1) is 12.8 Å². The molecule has 1 aromatic rings. The Hall–Kier alpha value is -1.55. The SMILES string of the molecule is CCC1CN(C(=O)c2cc(C)ccc2OC)CCC1N. The van der Waals surface area contributed by atoms with Gasteiger partial charge in [-0.3, -0.25) is 4.79 Å². The van der Waals surface area contributed by atoms with Gasteiger partial charge in [0.25, 0.3) is 5.91 Å². The van der Waals surface area contributed by atoms with Crippen LogP contribution in [0.5, 0.6) is 5.75 Å². The Bertz CT molecular complexity index is 487. The minimum absolute atomic E-state index is 0.0518. The molecule has 1 amide bonds. The number of ether oxygens (including phenoxy) is 1. The highest BCUT2D eigenvalue weighted by atomic mass is 16.5. The van der Waals surface area contributed by atoms with Gasteiger partial charge in [-0.25, -0.2) is 0 Å². The molecule has 2 atom stereocenters. The molecule has 0 saturated carbocycles. The third-order valence-electron chi connectivity index (χ3n) is 4.19. The Morgan fingerprint density at radius 2 is 2.25 bits per heavy atom. The van der Waals surface area contributed by atoms with Crippen LogP contribution in [0.15, 0.2) is 18.2 Å². The highest BCUT2D eigenvalue weighted by Gasteiger charge is 2.29. The zero-order valence-electron chi connectivity index (χ0n) is 12.6. The number of nitrogens with two attached hydrogens (primary N) is 1. The monoisotopic (exact) mass is 276 g/mol. The largest absolute Gasteiger partial charge is 0.496 e. The van der Waals surface area contributed by atoms with Crippen molar-refractivity contribution >= 4 is 5.91 Å². The van der Waals surface area contributed by atoms with Crippen LogP contribution in [-0.4, -0.2) is 37.0 Å². The Balaban J connectivity index is 2.21. The molecule has 20 heavy (non-hydrogen) atoms. The van der Waals surface area contributed by atoms with Crippen molar-refractivity contribution in [1.29, 1.82) is 0 Å². The van der Waals surface area contributed by atoms with Gasteiger partial charge < -0.3 is 15.4 Å². The molecule has 0 radical (unpaired) electrons. The molecule has 110 valence electrons. The van der Waals surface area contributed by atoms with Crippen LogP contribution in [-0.2, 0) is 0 Å². The van der Waals surface area contributed by atoms with Crippen molar-refractivity contribution in [3.8, 4) is 5.75 Å². The molecule has 1 aliphatic rings. The summed E-state index contributed by atoms with van der Waals surface area (Å²) in [5.74, 6) is 1.09. The summed E-state index contributed by atoms with van der Waals surface area (Å²) in [5, 5.41) is 0. The van der Waals surface area contributed by atoms with Gasteiger partial charge in [-0.1, -0.05) is 25.0 Å². The normalized spacial score (nSPS) is 22.7. The quantitative estimate of drug-likeness (QED) is 0.921. The van der Waals surface area contributed by atoms with Crippen LogP contribution in [0.25, 0.3) is 0 Å². The van der Waals surface area contributed by atoms with Gasteiger partial charge in [0.2, 0.25) is 0 Å². The number of methoxy groups -OCH3 is 1. The van der Waals surface area contributed by atoms with E-state index < -0.39 is 0 Å². The Labute approximate surface area is 120 Å². The number of nitrogens with zero attached hydrogens (tertiary/aromatic N) is 1. The fourth-order valence-corrected chi connectivity index (χ4v) is 2.83. The predicted molar refractivity (Wildman–Crippen MR) is 80.0 cm³/mol. The third-order valence-corrected chi connectivity index (χ3v) is 4.19. The van der Waals surface area contributed by atoms with Gasteiger partial charge in [0, 0.05) is 19.1 Å². The summed E-state index contributed by atoms with van der Waals surface area (Å²) in [6.45, 7) is 5.59. The summed E-state index contributed by atoms with van der Waals surface area (Å²) in [6.07, 6.45) is 1.88. The number of benzene rings is 1. The molecule has 2 unspecified atom stereocenters. The molecule has 1 aromatic carbocycles. The van der Waals surface area contributed by atoms with Gasteiger partial charge in [-0.15, -0.1) is 0 Å². The number of amides is 1. The van der Waals surface area contributed by atoms with Gasteiger partial charge >= 0.3 is 0 Å². The Kier molecular flexibility index (Phi) is 4.65. The van der Waals surface area contributed by atoms with Gasteiger partial charge in [0.05, 0.1) is 12.7 Å². The average molecular weight is 276 g/mol. The molecule has 1 heterocycles. The number of rotatable bonds is 3. The van der Waals surface area contributed by atoms with Gasteiger partial charge in [0.1, 0.15) is 5.75 Å². The number of hydrogen-bond donors (Lipinski definition) is 1. The predicted octanol–water partition coefficient (Wildman–Crippen LogP) is 2.20. The molecule has 0 aromatic heterocycles. The second-order valence-corrected chi connectivity index (χ2v) is 5.58. The van der Waals surface area contributed by atoms with Crippen molar-refractivity contribution in [1.82, 2.24) is 4.90 Å². The van der Waals surface area contributed by atoms with Crippen LogP contribution < -0.4 is 10.5 Å². The van der Waals surface area contributed by atoms with Crippen molar-refractivity contribution in [2.75, 3.05) is 20.2 Å². The van der Waals surface area contributed by atoms with Crippen LogP contribution >= 0.6 is 0 Å². The van der Waals surface area contributed by atoms with Crippen molar-refractivity contribution in [2.24, 2.45) is 11.7 Å². The van der Waals surface area contributed by atoms with Gasteiger partial charge in [0.15, 0.2) is 0 Å². The number of piperidine rings is 1. The number of carbonyl (C=O) groups is 1. The summed E-state index contributed by atoms with van der Waals surface area (Å²) in [4.78, 5) is 14.6. The maximum absolute atomic E-state index is 12.7. The van der Waals surface area contributed by atoms with E-state index in [2.05, 4.69) is 6.92 Å². The maximum Gasteiger partial charge on any atom is 0.257 e. The molecule has 1 fully saturated rings. The first-order valence-electron chi connectivity index (χ1n) is 7.26. The molecule has 1 saturated heterocycles. The summed E-state index contributed by atoms with van der Waals surface area (Å²) in [7, 11) is 1.60. The summed E-state index contributed by atoms with van der Waals surface area (Å²) < 4.78 is 5.31. The number of carbonyl (C=O) groups excluding carboxylic acids is 1. The fourth-order valence-electron chi connectivity index (χ4n) is 2.83. The highest BCUT2D eigenvalue weighted by Crippen LogP contribution is 2.25. The summed E-state index contributed by atoms with van der Waals surface area (Å²) in [5.41, 5.74) is 7.82. The number of aryl methyl sites for hydroxylation is 1. The second kappa shape index (κ2) is 6.27. The minimum atomic E-state index is 0.0518. The second-order valence-electron chi connectivity index (χ2n) is 5.58. The summed E-state index contributed by atoms with van der Waals surface area (Å²) in [6, 6.07) is 5.92. The van der Waals surface area contributed by atoms with Crippen molar-refractivity contribution in [3.63, 3.8) is 0 Å². The number of hydrogen-bond acceptors (Lipinski definition) is 3. The standard InChI is InChI=1S/C16H24N2O2/c1-4-12-10-18(8-7-14(12)17)16(19)13-9-11(2)5-6-15(13)20-3/h5-6,9,12,14H,4,7-8,10,17H2,1-3H3. The lowest BCUT2D eigenvalue weighted by atomic mass is 9.90. The fraction of sp³-hybridized carbons (Fsp3) is 0.562. The molecular weight excluding hydrogens is 252 g/mol. The first-order chi connectivity index (χ1) is 9.56. The molecule has 2 rings (SSSR count). The Morgan fingerprint density at radius 3 is 2.90 bits per heavy atom. The van der Waals surface area contributed by atoms with Crippen LogP contribution in [0.3, 0.4) is 0 Å². The van der Waals surface area contributed by atoms with Crippen molar-refractivity contribution < 1.29 is 9.53 Å².